The van der Waals surface area contributed by atoms with E-state index in [1.807, 2.05) is 56.5 Å². The molecule has 0 radical (unpaired) electrons. The second-order valence-electron chi connectivity index (χ2n) is 8.46. The number of carbonyl (C=O) groups is 1. The number of thioether (sulfide) groups is 1. The van der Waals surface area contributed by atoms with E-state index in [2.05, 4.69) is 47.6 Å². The van der Waals surface area contributed by atoms with Gasteiger partial charge in [-0.1, -0.05) is 24.3 Å². The molecule has 1 fully saturated rings. The van der Waals surface area contributed by atoms with Crippen molar-refractivity contribution in [2.45, 2.75) is 26.1 Å². The van der Waals surface area contributed by atoms with Gasteiger partial charge in [-0.25, -0.2) is 9.97 Å². The lowest BCUT2D eigenvalue weighted by molar-refractivity contribution is -0.122. The SMILES string of the molecule is C/C=C\SC(C)NC(=O)CN1CCN(c2c(Br)cnc3nc(-c4cccc(OC)c4)[nH]c23)CC1.C=CC. The number of allylic oxidation sites excluding steroid dienone is 2. The maximum Gasteiger partial charge on any atom is 0.235 e. The molecule has 0 spiro atoms. The number of hydrogen-bond donors (Lipinski definition) is 2. The highest BCUT2D eigenvalue weighted by atomic mass is 79.9. The molecule has 198 valence electrons. The minimum Gasteiger partial charge on any atom is -0.497 e. The molecular weight excluding hydrogens is 552 g/mol. The van der Waals surface area contributed by atoms with Crippen molar-refractivity contribution in [1.29, 1.82) is 0 Å². The van der Waals surface area contributed by atoms with Crippen LogP contribution in [0.3, 0.4) is 0 Å². The second-order valence-corrected chi connectivity index (χ2v) is 10.6. The fourth-order valence-corrected chi connectivity index (χ4v) is 5.12. The van der Waals surface area contributed by atoms with E-state index in [-0.39, 0.29) is 11.3 Å². The summed E-state index contributed by atoms with van der Waals surface area (Å²) in [6.07, 6.45) is 5.53. The number of ether oxygens (including phenoxy) is 1. The van der Waals surface area contributed by atoms with Crippen LogP contribution in [-0.4, -0.2) is 71.0 Å². The van der Waals surface area contributed by atoms with Gasteiger partial charge >= 0.3 is 0 Å². The summed E-state index contributed by atoms with van der Waals surface area (Å²) < 4.78 is 6.27. The number of anilines is 1. The number of halogens is 1. The van der Waals surface area contributed by atoms with E-state index in [0.717, 1.165) is 59.0 Å². The van der Waals surface area contributed by atoms with Crippen LogP contribution in [0.5, 0.6) is 5.75 Å². The fraction of sp³-hybridized carbons (Fsp3) is 0.370. The van der Waals surface area contributed by atoms with Crippen molar-refractivity contribution < 1.29 is 9.53 Å². The van der Waals surface area contributed by atoms with Gasteiger partial charge in [0.1, 0.15) is 17.1 Å². The van der Waals surface area contributed by atoms with Crippen LogP contribution in [0.1, 0.15) is 20.8 Å². The number of hydrogen-bond acceptors (Lipinski definition) is 7. The predicted molar refractivity (Wildman–Crippen MR) is 158 cm³/mol. The molecule has 2 aromatic heterocycles. The third-order valence-electron chi connectivity index (χ3n) is 5.63. The molecule has 1 aromatic carbocycles. The van der Waals surface area contributed by atoms with E-state index in [9.17, 15) is 4.79 Å². The standard InChI is InChI=1S/C24H29BrN6O2S.C3H6/c1-4-12-34-16(2)27-20(32)15-30-8-10-31(11-9-30)22-19(25)14-26-24-21(22)28-23(29-24)17-6-5-7-18(13-17)33-3;1-3-2/h4-7,12-14,16H,8-11,15H2,1-3H3,(H,27,32)(H,26,28,29);3H,1H2,2H3/b12-4-;. The van der Waals surface area contributed by atoms with Gasteiger partial charge in [0.2, 0.25) is 5.91 Å². The smallest absolute Gasteiger partial charge is 0.235 e. The third kappa shape index (κ3) is 7.83. The molecule has 1 aliphatic rings. The van der Waals surface area contributed by atoms with Crippen LogP contribution in [0, 0.1) is 0 Å². The van der Waals surface area contributed by atoms with Crippen molar-refractivity contribution in [2.75, 3.05) is 44.7 Å². The Morgan fingerprint density at radius 1 is 1.32 bits per heavy atom. The minimum atomic E-state index is 0.0573. The van der Waals surface area contributed by atoms with Gasteiger partial charge < -0.3 is 19.9 Å². The Bertz CT molecular complexity index is 1220. The molecule has 4 rings (SSSR count). The topological polar surface area (TPSA) is 86.4 Å². The van der Waals surface area contributed by atoms with Crippen LogP contribution in [0.15, 0.2) is 59.1 Å². The van der Waals surface area contributed by atoms with Crippen molar-refractivity contribution in [3.8, 4) is 17.1 Å². The maximum atomic E-state index is 12.4. The number of piperazine rings is 1. The predicted octanol–water partition coefficient (Wildman–Crippen LogP) is 5.44. The lowest BCUT2D eigenvalue weighted by atomic mass is 10.2. The summed E-state index contributed by atoms with van der Waals surface area (Å²) in [5.74, 6) is 1.59. The summed E-state index contributed by atoms with van der Waals surface area (Å²) in [5.41, 5.74) is 3.56. The number of methoxy groups -OCH3 is 1. The van der Waals surface area contributed by atoms with Crippen LogP contribution < -0.4 is 15.0 Å². The van der Waals surface area contributed by atoms with Crippen molar-refractivity contribution in [3.05, 3.63) is 59.1 Å². The Labute approximate surface area is 231 Å². The molecule has 2 N–H and O–H groups in total. The molecule has 1 atom stereocenters. The molecule has 1 aliphatic heterocycles. The second kappa shape index (κ2) is 14.2. The lowest BCUT2D eigenvalue weighted by Crippen LogP contribution is -2.50. The highest BCUT2D eigenvalue weighted by molar-refractivity contribution is 9.10. The number of carbonyl (C=O) groups excluding carboxylic acids is 1. The molecule has 3 heterocycles. The number of aromatic amines is 1. The van der Waals surface area contributed by atoms with Gasteiger partial charge in [-0.05, 0) is 54.2 Å². The Morgan fingerprint density at radius 2 is 2.05 bits per heavy atom. The van der Waals surface area contributed by atoms with E-state index in [0.29, 0.717) is 12.2 Å². The highest BCUT2D eigenvalue weighted by Gasteiger charge is 2.24. The molecule has 0 bridgehead atoms. The first-order valence-electron chi connectivity index (χ1n) is 12.2. The van der Waals surface area contributed by atoms with Gasteiger partial charge in [-0.3, -0.25) is 9.69 Å². The fourth-order valence-electron chi connectivity index (χ4n) is 3.97. The zero-order chi connectivity index (χ0) is 26.8. The van der Waals surface area contributed by atoms with Crippen molar-refractivity contribution in [3.63, 3.8) is 0 Å². The average molecular weight is 588 g/mol. The molecule has 8 nitrogen and oxygen atoms in total. The summed E-state index contributed by atoms with van der Waals surface area (Å²) >= 11 is 5.29. The largest absolute Gasteiger partial charge is 0.497 e. The minimum absolute atomic E-state index is 0.0573. The summed E-state index contributed by atoms with van der Waals surface area (Å²) in [6.45, 7) is 12.8. The number of amides is 1. The third-order valence-corrected chi connectivity index (χ3v) is 7.17. The number of imidazole rings is 1. The number of pyridine rings is 1. The van der Waals surface area contributed by atoms with Crippen molar-refractivity contribution in [2.24, 2.45) is 0 Å². The van der Waals surface area contributed by atoms with Crippen LogP contribution in [0.4, 0.5) is 5.69 Å². The molecule has 37 heavy (non-hydrogen) atoms. The van der Waals surface area contributed by atoms with Gasteiger partial charge in [-0.2, -0.15) is 0 Å². The molecular formula is C27H35BrN6O2S. The number of H-pyrrole nitrogens is 1. The van der Waals surface area contributed by atoms with Gasteiger partial charge in [0, 0.05) is 37.9 Å². The first kappa shape index (κ1) is 28.7. The molecule has 1 unspecified atom stereocenters. The van der Waals surface area contributed by atoms with E-state index in [1.54, 1.807) is 31.1 Å². The Kier molecular flexibility index (Phi) is 11.0. The van der Waals surface area contributed by atoms with Crippen molar-refractivity contribution in [1.82, 2.24) is 25.2 Å². The first-order chi connectivity index (χ1) is 17.9. The van der Waals surface area contributed by atoms with E-state index < -0.39 is 0 Å². The van der Waals surface area contributed by atoms with Crippen LogP contribution in [0.2, 0.25) is 0 Å². The Balaban J connectivity index is 0.00000121. The molecule has 0 saturated carbocycles. The average Bonchev–Trinajstić information content (AvgIpc) is 3.33. The molecule has 3 aromatic rings. The van der Waals surface area contributed by atoms with Crippen LogP contribution in [-0.2, 0) is 4.79 Å². The van der Waals surface area contributed by atoms with Crippen molar-refractivity contribution >= 4 is 50.5 Å². The lowest BCUT2D eigenvalue weighted by Gasteiger charge is -2.36. The van der Waals surface area contributed by atoms with Crippen LogP contribution >= 0.6 is 27.7 Å². The monoisotopic (exact) mass is 586 g/mol. The number of nitrogens with one attached hydrogen (secondary N) is 2. The molecule has 1 saturated heterocycles. The van der Waals surface area contributed by atoms with E-state index >= 15 is 0 Å². The maximum absolute atomic E-state index is 12.4. The Morgan fingerprint density at radius 3 is 2.73 bits per heavy atom. The van der Waals surface area contributed by atoms with Gasteiger partial charge in [0.25, 0.3) is 0 Å². The van der Waals surface area contributed by atoms with Gasteiger partial charge in [-0.15, -0.1) is 18.3 Å². The number of nitrogens with zero attached hydrogens (tertiary/aromatic N) is 4. The summed E-state index contributed by atoms with van der Waals surface area (Å²) in [4.78, 5) is 29.6. The molecule has 1 amide bonds. The van der Waals surface area contributed by atoms with Gasteiger partial charge in [0.05, 0.1) is 29.2 Å². The van der Waals surface area contributed by atoms with Crippen LogP contribution in [0.25, 0.3) is 22.6 Å². The number of aromatic nitrogens is 3. The summed E-state index contributed by atoms with van der Waals surface area (Å²) in [5, 5.41) is 5.10. The molecule has 10 heteroatoms. The Hall–Kier alpha value is -2.82. The highest BCUT2D eigenvalue weighted by Crippen LogP contribution is 2.34. The quantitative estimate of drug-likeness (QED) is 0.268. The summed E-state index contributed by atoms with van der Waals surface area (Å²) in [7, 11) is 1.65. The number of benzene rings is 1. The van der Waals surface area contributed by atoms with E-state index in [4.69, 9.17) is 9.72 Å². The first-order valence-corrected chi connectivity index (χ1v) is 13.9. The van der Waals surface area contributed by atoms with Gasteiger partial charge in [0.15, 0.2) is 5.65 Å². The number of fused-ring (bicyclic) bond motifs is 1. The zero-order valence-electron chi connectivity index (χ0n) is 21.8. The van der Waals surface area contributed by atoms with E-state index in [1.165, 1.54) is 0 Å². The normalized spacial score (nSPS) is 14.8. The summed E-state index contributed by atoms with van der Waals surface area (Å²) in [6, 6.07) is 7.81. The molecule has 0 aliphatic carbocycles. The number of rotatable bonds is 8. The zero-order valence-corrected chi connectivity index (χ0v) is 24.2.